The second-order valence-electron chi connectivity index (χ2n) is 5.69. The quantitative estimate of drug-likeness (QED) is 0.892. The van der Waals surface area contributed by atoms with E-state index in [1.54, 1.807) is 0 Å². The fraction of sp³-hybridized carbons (Fsp3) is 0.353. The number of carbonyl (C=O) groups excluding carboxylic acids is 1. The van der Waals surface area contributed by atoms with Gasteiger partial charge in [0.15, 0.2) is 0 Å². The number of carbonyl (C=O) groups is 1. The Balaban J connectivity index is 1.94. The third kappa shape index (κ3) is 2.71. The highest BCUT2D eigenvalue weighted by Crippen LogP contribution is 2.29. The van der Waals surface area contributed by atoms with Gasteiger partial charge in [-0.25, -0.2) is 0 Å². The largest absolute Gasteiger partial charge is 0.340 e. The van der Waals surface area contributed by atoms with Crippen molar-refractivity contribution in [1.82, 2.24) is 14.8 Å². The summed E-state index contributed by atoms with van der Waals surface area (Å²) in [6, 6.07) is 12.2. The highest BCUT2D eigenvalue weighted by Gasteiger charge is 2.26. The molecule has 1 aromatic carbocycles. The first-order valence-corrected chi connectivity index (χ1v) is 8.31. The molecule has 1 fully saturated rings. The van der Waals surface area contributed by atoms with Crippen molar-refractivity contribution in [2.24, 2.45) is 7.05 Å². The molecule has 0 unspecified atom stereocenters. The predicted molar refractivity (Wildman–Crippen MR) is 91.9 cm³/mol. The fourth-order valence-electron chi connectivity index (χ4n) is 2.96. The van der Waals surface area contributed by atoms with E-state index in [1.165, 1.54) is 0 Å². The Labute approximate surface area is 139 Å². The van der Waals surface area contributed by atoms with Gasteiger partial charge in [-0.1, -0.05) is 34.1 Å². The van der Waals surface area contributed by atoms with Gasteiger partial charge >= 0.3 is 0 Å². The minimum absolute atomic E-state index is 0.106. The zero-order chi connectivity index (χ0) is 15.7. The van der Waals surface area contributed by atoms with Crippen molar-refractivity contribution in [2.45, 2.75) is 13.0 Å². The molecule has 116 valence electrons. The Morgan fingerprint density at radius 2 is 2.05 bits per heavy atom. The molecule has 2 heterocycles. The number of benzene rings is 1. The van der Waals surface area contributed by atoms with E-state index in [2.05, 4.69) is 34.2 Å². The van der Waals surface area contributed by atoms with Crippen molar-refractivity contribution < 1.29 is 4.79 Å². The van der Waals surface area contributed by atoms with E-state index in [9.17, 15) is 4.79 Å². The number of piperazine rings is 1. The number of amides is 1. The molecule has 0 aliphatic carbocycles. The molecule has 4 nitrogen and oxygen atoms in total. The van der Waals surface area contributed by atoms with E-state index in [0.717, 1.165) is 41.1 Å². The van der Waals surface area contributed by atoms with Gasteiger partial charge in [0.05, 0.1) is 0 Å². The van der Waals surface area contributed by atoms with Crippen molar-refractivity contribution in [3.63, 3.8) is 0 Å². The minimum atomic E-state index is 0.106. The molecule has 0 bridgehead atoms. The topological polar surface area (TPSA) is 37.3 Å². The Morgan fingerprint density at radius 3 is 2.77 bits per heavy atom. The summed E-state index contributed by atoms with van der Waals surface area (Å²) in [5.74, 6) is 0.106. The van der Waals surface area contributed by atoms with Gasteiger partial charge in [0.2, 0.25) is 0 Å². The summed E-state index contributed by atoms with van der Waals surface area (Å²) >= 11 is 3.58. The summed E-state index contributed by atoms with van der Waals surface area (Å²) in [7, 11) is 1.95. The van der Waals surface area contributed by atoms with Crippen LogP contribution in [-0.4, -0.2) is 41.1 Å². The Hall–Kier alpha value is -1.59. The van der Waals surface area contributed by atoms with Crippen LogP contribution in [0.5, 0.6) is 0 Å². The van der Waals surface area contributed by atoms with Gasteiger partial charge in [0.1, 0.15) is 5.69 Å². The predicted octanol–water partition coefficient (Wildman–Crippen LogP) is 2.89. The zero-order valence-corrected chi connectivity index (χ0v) is 14.4. The van der Waals surface area contributed by atoms with E-state index in [0.29, 0.717) is 0 Å². The lowest BCUT2D eigenvalue weighted by Gasteiger charge is -2.34. The number of aromatic nitrogens is 1. The van der Waals surface area contributed by atoms with Gasteiger partial charge < -0.3 is 14.8 Å². The van der Waals surface area contributed by atoms with Crippen LogP contribution in [0.2, 0.25) is 0 Å². The highest BCUT2D eigenvalue weighted by atomic mass is 79.9. The van der Waals surface area contributed by atoms with Crippen LogP contribution in [0.25, 0.3) is 11.3 Å². The standard InChI is InChI=1S/C17H20BrN3O/c1-12-11-19-9-10-21(12)17(22)16-8-7-15(20(16)2)13-5-3-4-6-14(13)18/h3-8,12,19H,9-11H2,1-2H3/t12-/m0/s1. The lowest BCUT2D eigenvalue weighted by atomic mass is 10.1. The molecular formula is C17H20BrN3O. The molecule has 22 heavy (non-hydrogen) atoms. The van der Waals surface area contributed by atoms with Crippen LogP contribution in [0.3, 0.4) is 0 Å². The average Bonchev–Trinajstić information content (AvgIpc) is 2.89. The third-order valence-corrected chi connectivity index (χ3v) is 4.94. The lowest BCUT2D eigenvalue weighted by Crippen LogP contribution is -2.52. The van der Waals surface area contributed by atoms with Gasteiger partial charge in [0, 0.05) is 48.5 Å². The van der Waals surface area contributed by atoms with Crippen LogP contribution in [0.4, 0.5) is 0 Å². The summed E-state index contributed by atoms with van der Waals surface area (Å²) < 4.78 is 3.02. The van der Waals surface area contributed by atoms with Gasteiger partial charge in [-0.3, -0.25) is 4.79 Å². The number of halogens is 1. The molecule has 0 radical (unpaired) electrons. The highest BCUT2D eigenvalue weighted by molar-refractivity contribution is 9.10. The first-order valence-electron chi connectivity index (χ1n) is 7.52. The maximum Gasteiger partial charge on any atom is 0.270 e. The van der Waals surface area contributed by atoms with Crippen LogP contribution < -0.4 is 5.32 Å². The monoisotopic (exact) mass is 361 g/mol. The van der Waals surface area contributed by atoms with E-state index < -0.39 is 0 Å². The molecule has 1 amide bonds. The van der Waals surface area contributed by atoms with Crippen molar-refractivity contribution in [3.8, 4) is 11.3 Å². The Morgan fingerprint density at radius 1 is 1.27 bits per heavy atom. The molecule has 1 atom stereocenters. The van der Waals surface area contributed by atoms with Gasteiger partial charge in [0.25, 0.3) is 5.91 Å². The molecule has 1 aliphatic rings. The summed E-state index contributed by atoms with van der Waals surface area (Å²) in [5, 5.41) is 3.32. The van der Waals surface area contributed by atoms with Crippen molar-refractivity contribution >= 4 is 21.8 Å². The number of nitrogens with zero attached hydrogens (tertiary/aromatic N) is 2. The number of nitrogens with one attached hydrogen (secondary N) is 1. The second kappa shape index (κ2) is 6.26. The summed E-state index contributed by atoms with van der Waals surface area (Å²) in [6.45, 7) is 4.56. The van der Waals surface area contributed by atoms with Crippen molar-refractivity contribution in [3.05, 3.63) is 46.6 Å². The second-order valence-corrected chi connectivity index (χ2v) is 6.55. The van der Waals surface area contributed by atoms with Crippen LogP contribution >= 0.6 is 15.9 Å². The van der Waals surface area contributed by atoms with Crippen LogP contribution in [0.15, 0.2) is 40.9 Å². The first-order chi connectivity index (χ1) is 10.6. The van der Waals surface area contributed by atoms with Crippen molar-refractivity contribution in [2.75, 3.05) is 19.6 Å². The molecule has 1 aromatic heterocycles. The smallest absolute Gasteiger partial charge is 0.270 e. The van der Waals surface area contributed by atoms with E-state index in [1.807, 2.05) is 46.8 Å². The zero-order valence-electron chi connectivity index (χ0n) is 12.8. The van der Waals surface area contributed by atoms with Gasteiger partial charge in [-0.05, 0) is 25.1 Å². The average molecular weight is 362 g/mol. The molecule has 5 heteroatoms. The molecule has 2 aromatic rings. The van der Waals surface area contributed by atoms with Gasteiger partial charge in [-0.15, -0.1) is 0 Å². The molecule has 1 aliphatic heterocycles. The van der Waals surface area contributed by atoms with E-state index >= 15 is 0 Å². The third-order valence-electron chi connectivity index (χ3n) is 4.25. The maximum atomic E-state index is 12.8. The Bertz CT molecular complexity index is 695. The molecule has 1 saturated heterocycles. The Kier molecular flexibility index (Phi) is 4.36. The number of rotatable bonds is 2. The van der Waals surface area contributed by atoms with Crippen LogP contribution in [-0.2, 0) is 7.05 Å². The van der Waals surface area contributed by atoms with Crippen molar-refractivity contribution in [1.29, 1.82) is 0 Å². The normalized spacial score (nSPS) is 18.5. The molecule has 0 saturated carbocycles. The van der Waals surface area contributed by atoms with E-state index in [4.69, 9.17) is 0 Å². The fourth-order valence-corrected chi connectivity index (χ4v) is 3.44. The summed E-state index contributed by atoms with van der Waals surface area (Å²) in [5.41, 5.74) is 2.87. The number of hydrogen-bond donors (Lipinski definition) is 1. The maximum absolute atomic E-state index is 12.8. The molecular weight excluding hydrogens is 342 g/mol. The lowest BCUT2D eigenvalue weighted by molar-refractivity contribution is 0.0646. The van der Waals surface area contributed by atoms with E-state index in [-0.39, 0.29) is 11.9 Å². The van der Waals surface area contributed by atoms with Gasteiger partial charge in [-0.2, -0.15) is 0 Å². The first kappa shape index (κ1) is 15.3. The summed E-state index contributed by atoms with van der Waals surface area (Å²) in [4.78, 5) is 14.8. The molecule has 0 spiro atoms. The minimum Gasteiger partial charge on any atom is -0.340 e. The SMILES string of the molecule is C[C@H]1CNCCN1C(=O)c1ccc(-c2ccccc2Br)n1C. The molecule has 3 rings (SSSR count). The number of hydrogen-bond acceptors (Lipinski definition) is 2. The van der Waals surface area contributed by atoms with Crippen LogP contribution in [0, 0.1) is 0 Å². The van der Waals surface area contributed by atoms with Crippen LogP contribution in [0.1, 0.15) is 17.4 Å². The summed E-state index contributed by atoms with van der Waals surface area (Å²) in [6.07, 6.45) is 0. The molecule has 1 N–H and O–H groups in total.